The second-order valence-corrected chi connectivity index (χ2v) is 19.3. The first kappa shape index (κ1) is 55.4. The second kappa shape index (κ2) is 31.8. The highest BCUT2D eigenvalue weighted by molar-refractivity contribution is 6.30. The summed E-state index contributed by atoms with van der Waals surface area (Å²) in [6.45, 7) is 9.41. The van der Waals surface area contributed by atoms with Crippen LogP contribution in [0.25, 0.3) is 0 Å². The molecule has 2 saturated heterocycles. The number of hydrogen-bond acceptors (Lipinski definition) is 10. The molecule has 0 amide bonds. The Bertz CT molecular complexity index is 1570. The molecule has 0 N–H and O–H groups in total. The maximum absolute atomic E-state index is 15.0. The van der Waals surface area contributed by atoms with Gasteiger partial charge >= 0.3 is 23.9 Å². The van der Waals surface area contributed by atoms with Crippen LogP contribution in [0.1, 0.15) is 205 Å². The third-order valence-corrected chi connectivity index (χ3v) is 13.7. The van der Waals surface area contributed by atoms with Gasteiger partial charge in [-0.05, 0) is 61.1 Å². The summed E-state index contributed by atoms with van der Waals surface area (Å²) in [4.78, 5) is 59.8. The monoisotopic (exact) mass is 957 g/mol. The molecule has 0 aromatic heterocycles. The summed E-state index contributed by atoms with van der Waals surface area (Å²) in [7, 11) is 0. The van der Waals surface area contributed by atoms with E-state index in [1.807, 2.05) is 24.3 Å². The van der Waals surface area contributed by atoms with Gasteiger partial charge in [-0.3, -0.25) is 19.2 Å². The van der Waals surface area contributed by atoms with E-state index in [0.717, 1.165) is 128 Å². The topological polar surface area (TPSA) is 112 Å². The molecule has 2 aromatic rings. The quantitative estimate of drug-likeness (QED) is 0.0382. The second-order valence-electron chi connectivity index (χ2n) is 18.4. The van der Waals surface area contributed by atoms with E-state index < -0.39 is 59.9 Å². The zero-order valence-corrected chi connectivity index (χ0v) is 42.3. The molecule has 2 aliphatic heterocycles. The number of esters is 4. The minimum absolute atomic E-state index is 0.166. The molecule has 0 bridgehead atoms. The number of halogens is 2. The lowest BCUT2D eigenvalue weighted by atomic mass is 9.82. The van der Waals surface area contributed by atoms with Gasteiger partial charge in [-0.1, -0.05) is 204 Å². The minimum atomic E-state index is -1.27. The number of ether oxygens (including phenoxy) is 4. The molecular weight excluding hydrogens is 876 g/mol. The van der Waals surface area contributed by atoms with Gasteiger partial charge in [0, 0.05) is 10.0 Å². The van der Waals surface area contributed by atoms with Crippen molar-refractivity contribution in [3.8, 4) is 0 Å². The van der Waals surface area contributed by atoms with Crippen LogP contribution in [0.2, 0.25) is 10.0 Å². The van der Waals surface area contributed by atoms with Crippen molar-refractivity contribution < 1.29 is 38.1 Å². The number of fused-ring (bicyclic) bond motifs is 1. The van der Waals surface area contributed by atoms with E-state index in [9.17, 15) is 19.2 Å². The van der Waals surface area contributed by atoms with Crippen molar-refractivity contribution in [1.29, 1.82) is 0 Å². The molecule has 4 rings (SSSR count). The maximum atomic E-state index is 15.0. The molecule has 6 atom stereocenters. The van der Waals surface area contributed by atoms with Crippen LogP contribution in [0.4, 0.5) is 0 Å². The molecule has 2 aliphatic rings. The number of rotatable bonds is 34. The summed E-state index contributed by atoms with van der Waals surface area (Å²) in [5.74, 6) is -4.68. The highest BCUT2D eigenvalue weighted by Gasteiger charge is 2.69. The van der Waals surface area contributed by atoms with Gasteiger partial charge in [-0.2, -0.15) is 0 Å². The highest BCUT2D eigenvalue weighted by Crippen LogP contribution is 2.56. The Kier molecular flexibility index (Phi) is 26.7. The first-order valence-corrected chi connectivity index (χ1v) is 26.7. The molecule has 0 spiro atoms. The first-order valence-electron chi connectivity index (χ1n) is 25.9. The third-order valence-electron chi connectivity index (χ3n) is 13.2. The van der Waals surface area contributed by atoms with Crippen molar-refractivity contribution >= 4 is 47.1 Å². The van der Waals surface area contributed by atoms with E-state index in [2.05, 4.69) is 27.7 Å². The molecule has 12 heteroatoms. The zero-order valence-electron chi connectivity index (χ0n) is 40.8. The summed E-state index contributed by atoms with van der Waals surface area (Å²) in [5, 5.41) is 4.49. The van der Waals surface area contributed by atoms with Gasteiger partial charge in [0.15, 0.2) is 0 Å². The Morgan fingerprint density at radius 3 is 0.894 bits per heavy atom. The fourth-order valence-electron chi connectivity index (χ4n) is 9.57. The zero-order chi connectivity index (χ0) is 47.5. The predicted octanol–water partition coefficient (Wildman–Crippen LogP) is 13.9. The molecular formula is C54H82Cl2N2O8. The SMILES string of the molecule is CCCCCCCCOC(=O)[C@@H]1[C@@H](C(=O)OCCCCCCCC)N2[C@H](c3ccc(Cl)cc3)[C@H](C(=O)OCCCCCCCC)[C@H](C(=O)OCCCCCCCC)N2[C@@H]1c1ccc(Cl)cc1. The van der Waals surface area contributed by atoms with Crippen LogP contribution >= 0.6 is 23.2 Å². The minimum Gasteiger partial charge on any atom is -0.465 e. The summed E-state index contributed by atoms with van der Waals surface area (Å²) in [6, 6.07) is 9.74. The van der Waals surface area contributed by atoms with E-state index in [1.165, 1.54) is 0 Å². The van der Waals surface area contributed by atoms with Crippen molar-refractivity contribution in [3.63, 3.8) is 0 Å². The summed E-state index contributed by atoms with van der Waals surface area (Å²) >= 11 is 13.0. The summed E-state index contributed by atoms with van der Waals surface area (Å²) in [6.07, 6.45) is 24.1. The standard InChI is InChI=1S/C54H82Cl2N2O8/c1-5-9-13-17-21-25-37-63-51(59)45-47(41-29-33-43(55)34-30-41)57-50(54(62)66-40-28-24-20-16-12-8-4)46(52(60)64-38-26-22-18-14-10-6-2)48(42-31-35-44(56)36-32-42)58(57)49(45)53(61)65-39-27-23-19-15-11-7-3/h29-36,45-50H,5-28,37-40H2,1-4H3/t45-,46-,47+,48+,49-,50+/m0/s1. The molecule has 2 heterocycles. The van der Waals surface area contributed by atoms with Crippen LogP contribution in [-0.4, -0.2) is 72.4 Å². The molecule has 370 valence electrons. The van der Waals surface area contributed by atoms with Gasteiger partial charge in [-0.15, -0.1) is 0 Å². The molecule has 66 heavy (non-hydrogen) atoms. The number of nitrogens with zero attached hydrogens (tertiary/aromatic N) is 2. The third kappa shape index (κ3) is 17.1. The Balaban J connectivity index is 1.83. The lowest BCUT2D eigenvalue weighted by Crippen LogP contribution is -2.47. The molecule has 2 fully saturated rings. The number of hydrogen-bond donors (Lipinski definition) is 0. The largest absolute Gasteiger partial charge is 0.465 e. The highest BCUT2D eigenvalue weighted by atomic mass is 35.5. The maximum Gasteiger partial charge on any atom is 0.325 e. The van der Waals surface area contributed by atoms with E-state index >= 15 is 0 Å². The van der Waals surface area contributed by atoms with Crippen molar-refractivity contribution in [1.82, 2.24) is 10.0 Å². The first-order chi connectivity index (χ1) is 32.2. The molecule has 2 aromatic carbocycles. The Labute approximate surface area is 407 Å². The van der Waals surface area contributed by atoms with Gasteiger partial charge in [0.05, 0.1) is 38.5 Å². The van der Waals surface area contributed by atoms with Gasteiger partial charge in [-0.25, -0.2) is 10.0 Å². The Hall–Kier alpha value is -3.18. The Morgan fingerprint density at radius 1 is 0.379 bits per heavy atom. The van der Waals surface area contributed by atoms with Gasteiger partial charge in [0.25, 0.3) is 0 Å². The normalized spacial score (nSPS) is 20.6. The predicted molar refractivity (Wildman–Crippen MR) is 264 cm³/mol. The van der Waals surface area contributed by atoms with Crippen LogP contribution in [0.15, 0.2) is 48.5 Å². The van der Waals surface area contributed by atoms with Crippen molar-refractivity contribution in [2.45, 2.75) is 206 Å². The number of carbonyl (C=O) groups is 4. The van der Waals surface area contributed by atoms with Gasteiger partial charge < -0.3 is 18.9 Å². The van der Waals surface area contributed by atoms with Crippen molar-refractivity contribution in [3.05, 3.63) is 69.7 Å². The summed E-state index contributed by atoms with van der Waals surface area (Å²) < 4.78 is 24.6. The van der Waals surface area contributed by atoms with Crippen LogP contribution in [0.3, 0.4) is 0 Å². The average Bonchev–Trinajstić information content (AvgIpc) is 3.84. The van der Waals surface area contributed by atoms with E-state index in [0.29, 0.717) is 46.9 Å². The van der Waals surface area contributed by atoms with E-state index in [1.54, 1.807) is 34.3 Å². The number of carbonyl (C=O) groups excluding carboxylic acids is 4. The van der Waals surface area contributed by atoms with Crippen LogP contribution in [0.5, 0.6) is 0 Å². The fraction of sp³-hybridized carbons (Fsp3) is 0.704. The van der Waals surface area contributed by atoms with Crippen molar-refractivity contribution in [2.24, 2.45) is 11.8 Å². The fourth-order valence-corrected chi connectivity index (χ4v) is 9.82. The van der Waals surface area contributed by atoms with Crippen LogP contribution in [-0.2, 0) is 38.1 Å². The van der Waals surface area contributed by atoms with E-state index in [-0.39, 0.29) is 26.4 Å². The molecule has 0 saturated carbocycles. The number of benzene rings is 2. The van der Waals surface area contributed by atoms with Gasteiger partial charge in [0.2, 0.25) is 0 Å². The molecule has 0 unspecified atom stereocenters. The van der Waals surface area contributed by atoms with Crippen LogP contribution < -0.4 is 0 Å². The summed E-state index contributed by atoms with van der Waals surface area (Å²) in [5.41, 5.74) is 1.25. The smallest absolute Gasteiger partial charge is 0.325 e. The average molecular weight is 958 g/mol. The van der Waals surface area contributed by atoms with E-state index in [4.69, 9.17) is 42.1 Å². The van der Waals surface area contributed by atoms with Crippen molar-refractivity contribution in [2.75, 3.05) is 26.4 Å². The number of hydrazine groups is 1. The lowest BCUT2D eigenvalue weighted by Gasteiger charge is -2.32. The molecule has 0 radical (unpaired) electrons. The lowest BCUT2D eigenvalue weighted by molar-refractivity contribution is -0.163. The number of unbranched alkanes of at least 4 members (excludes halogenated alkanes) is 20. The molecule has 0 aliphatic carbocycles. The van der Waals surface area contributed by atoms with Gasteiger partial charge in [0.1, 0.15) is 23.9 Å². The molecule has 10 nitrogen and oxygen atoms in total. The Morgan fingerprint density at radius 2 is 0.621 bits per heavy atom. The van der Waals surface area contributed by atoms with Crippen LogP contribution in [0, 0.1) is 11.8 Å².